The van der Waals surface area contributed by atoms with Crippen LogP contribution in [0.4, 0.5) is 17.6 Å². The lowest BCUT2D eigenvalue weighted by molar-refractivity contribution is 0.734. The van der Waals surface area contributed by atoms with Crippen LogP contribution < -0.4 is 38.8 Å². The first-order valence-corrected chi connectivity index (χ1v) is 26.5. The van der Waals surface area contributed by atoms with Crippen molar-refractivity contribution in [2.45, 2.75) is 59.7 Å². The van der Waals surface area contributed by atoms with Crippen LogP contribution in [0.1, 0.15) is 72.7 Å². The molecule has 3 atom stereocenters. The third kappa shape index (κ3) is 11.8. The van der Waals surface area contributed by atoms with Crippen LogP contribution in [0, 0.1) is 20.8 Å². The zero-order chi connectivity index (χ0) is 56.1. The molecule has 0 spiro atoms. The van der Waals surface area contributed by atoms with Gasteiger partial charge in [-0.15, -0.1) is 0 Å². The molecule has 0 saturated carbocycles. The average molecular weight is 1110 g/mol. The van der Waals surface area contributed by atoms with Crippen LogP contribution in [0.2, 0.25) is 15.3 Å². The molecular weight excluding hydrogens is 1050 g/mol. The molecule has 17 heteroatoms. The van der Waals surface area contributed by atoms with E-state index in [-0.39, 0.29) is 46.0 Å². The second-order valence-corrected chi connectivity index (χ2v) is 20.2. The number of rotatable bonds is 10. The van der Waals surface area contributed by atoms with E-state index in [9.17, 15) is 14.4 Å². The molecule has 0 aliphatic carbocycles. The van der Waals surface area contributed by atoms with Crippen LogP contribution in [0.5, 0.6) is 0 Å². The van der Waals surface area contributed by atoms with Gasteiger partial charge in [0.2, 0.25) is 11.2 Å². The predicted octanol–water partition coefficient (Wildman–Crippen LogP) is 13.4. The van der Waals surface area contributed by atoms with Gasteiger partial charge >= 0.3 is 0 Å². The number of nitrogen functional groups attached to an aromatic ring is 1. The van der Waals surface area contributed by atoms with Gasteiger partial charge < -0.3 is 22.1 Å². The minimum absolute atomic E-state index is 0.0101. The molecule has 0 saturated heterocycles. The maximum atomic E-state index is 13.5. The molecule has 0 bridgehead atoms. The molecule has 0 radical (unpaired) electrons. The highest BCUT2D eigenvalue weighted by Crippen LogP contribution is 2.30. The Balaban J connectivity index is 0.000000146. The second-order valence-electron chi connectivity index (χ2n) is 19.0. The minimum atomic E-state index is -0.281. The summed E-state index contributed by atoms with van der Waals surface area (Å²) in [5.74, 6) is 0.956. The number of hydrogen-bond acceptors (Lipinski definition) is 11. The average Bonchev–Trinajstić information content (AvgIpc) is 3.59. The van der Waals surface area contributed by atoms with Crippen molar-refractivity contribution in [1.82, 2.24) is 33.6 Å². The highest BCUT2D eigenvalue weighted by molar-refractivity contribution is 6.33. The first-order chi connectivity index (χ1) is 38.0. The molecule has 79 heavy (non-hydrogen) atoms. The molecule has 6 N–H and O–H groups in total. The van der Waals surface area contributed by atoms with Gasteiger partial charge in [-0.1, -0.05) is 132 Å². The zero-order valence-electron chi connectivity index (χ0n) is 44.1. The van der Waals surface area contributed by atoms with E-state index in [1.807, 2.05) is 205 Å². The van der Waals surface area contributed by atoms with Crippen molar-refractivity contribution in [3.8, 4) is 17.1 Å². The van der Waals surface area contributed by atoms with Crippen LogP contribution >= 0.6 is 34.8 Å². The minimum Gasteiger partial charge on any atom is -0.368 e. The van der Waals surface area contributed by atoms with Gasteiger partial charge in [0.15, 0.2) is 5.82 Å². The number of aryl methyl sites for hydroxylation is 3. The maximum Gasteiger partial charge on any atom is 0.263 e. The number of aromatic nitrogens is 7. The van der Waals surface area contributed by atoms with Crippen LogP contribution in [0.3, 0.4) is 0 Å². The lowest BCUT2D eigenvalue weighted by Crippen LogP contribution is -2.26. The normalized spacial score (nSPS) is 12.2. The van der Waals surface area contributed by atoms with Crippen molar-refractivity contribution >= 4 is 84.7 Å². The Morgan fingerprint density at radius 3 is 1.18 bits per heavy atom. The highest BCUT2D eigenvalue weighted by Gasteiger charge is 2.21. The van der Waals surface area contributed by atoms with Gasteiger partial charge in [0, 0.05) is 40.2 Å². The summed E-state index contributed by atoms with van der Waals surface area (Å²) in [5.41, 5.74) is 19.3. The van der Waals surface area contributed by atoms with Crippen LogP contribution in [-0.4, -0.2) is 33.6 Å². The monoisotopic (exact) mass is 1110 g/mol. The van der Waals surface area contributed by atoms with Gasteiger partial charge in [-0.3, -0.25) is 28.1 Å². The summed E-state index contributed by atoms with van der Waals surface area (Å²) in [6, 6.07) is 51.6. The van der Waals surface area contributed by atoms with Gasteiger partial charge in [0.1, 0.15) is 15.9 Å². The summed E-state index contributed by atoms with van der Waals surface area (Å²) >= 11 is 18.4. The van der Waals surface area contributed by atoms with Crippen molar-refractivity contribution in [1.29, 1.82) is 0 Å². The molecule has 14 nitrogen and oxygen atoms in total. The summed E-state index contributed by atoms with van der Waals surface area (Å²) < 4.78 is 5.18. The van der Waals surface area contributed by atoms with Crippen molar-refractivity contribution in [2.24, 2.45) is 5.73 Å². The van der Waals surface area contributed by atoms with E-state index in [0.717, 1.165) is 72.4 Å². The van der Waals surface area contributed by atoms with Gasteiger partial charge in [0.05, 0.1) is 40.6 Å². The first-order valence-electron chi connectivity index (χ1n) is 25.4. The van der Waals surface area contributed by atoms with E-state index in [1.54, 1.807) is 13.7 Å². The third-order valence-corrected chi connectivity index (χ3v) is 14.2. The lowest BCUT2D eigenvalue weighted by atomic mass is 10.0. The van der Waals surface area contributed by atoms with E-state index >= 15 is 0 Å². The summed E-state index contributed by atoms with van der Waals surface area (Å²) in [4.78, 5) is 56.1. The number of nitrogens with one attached hydrogen (secondary N) is 2. The number of nitrogens with two attached hydrogens (primary N) is 2. The number of pyridine rings is 3. The molecule has 398 valence electrons. The number of hydrogen-bond donors (Lipinski definition) is 4. The number of anilines is 3. The topological polar surface area (TPSA) is 194 Å². The van der Waals surface area contributed by atoms with Crippen molar-refractivity contribution < 1.29 is 0 Å². The summed E-state index contributed by atoms with van der Waals surface area (Å²) in [5, 5.41) is 12.2. The number of nitrogens with zero attached hydrogens (tertiary/aromatic N) is 7. The Morgan fingerprint density at radius 1 is 0.456 bits per heavy atom. The number of halogens is 3. The van der Waals surface area contributed by atoms with Crippen LogP contribution in [-0.2, 0) is 0 Å². The largest absolute Gasteiger partial charge is 0.368 e. The molecule has 5 heterocycles. The van der Waals surface area contributed by atoms with E-state index < -0.39 is 0 Å². The molecule has 0 aliphatic rings. The second kappa shape index (κ2) is 23.9. The van der Waals surface area contributed by atoms with Gasteiger partial charge in [-0.05, 0) is 141 Å². The van der Waals surface area contributed by atoms with Crippen molar-refractivity contribution in [2.75, 3.05) is 16.4 Å². The third-order valence-electron chi connectivity index (χ3n) is 13.4. The molecule has 0 amide bonds. The molecule has 0 aliphatic heterocycles. The van der Waals surface area contributed by atoms with E-state index in [1.165, 1.54) is 12.4 Å². The first kappa shape index (κ1) is 55.1. The number of para-hydroxylation sites is 3. The molecule has 6 aromatic carbocycles. The summed E-state index contributed by atoms with van der Waals surface area (Å²) in [6.07, 6.45) is 2.90. The van der Waals surface area contributed by atoms with Gasteiger partial charge in [-0.25, -0.2) is 9.97 Å². The smallest absolute Gasteiger partial charge is 0.263 e. The van der Waals surface area contributed by atoms with Crippen molar-refractivity contribution in [3.05, 3.63) is 256 Å². The number of benzene rings is 6. The Labute approximate surface area is 471 Å². The van der Waals surface area contributed by atoms with E-state index in [2.05, 4.69) is 30.6 Å². The molecule has 11 rings (SSSR count). The fourth-order valence-corrected chi connectivity index (χ4v) is 10.1. The van der Waals surface area contributed by atoms with Crippen LogP contribution in [0.15, 0.2) is 191 Å². The predicted molar refractivity (Wildman–Crippen MR) is 323 cm³/mol. The SMILES string of the molecule is Cc1cccc2cc([C@H](C)N)n(-c3ccccc3)c(=O)c12.Cc1cccc2cc([C@H](C)Nc3nc(Cl)ncc3Cl)n(-c3ccccc3)c(=O)c12.Cc1cccc2cc([C@H](C)Nc3nc(N)ncc3Cl)n(-c3ccccc3)c(=O)c12. The summed E-state index contributed by atoms with van der Waals surface area (Å²) in [6.45, 7) is 11.7. The highest BCUT2D eigenvalue weighted by atomic mass is 35.5. The molecule has 11 aromatic rings. The quantitative estimate of drug-likeness (QED) is 0.0952. The zero-order valence-corrected chi connectivity index (χ0v) is 46.4. The molecule has 5 aromatic heterocycles. The van der Waals surface area contributed by atoms with E-state index in [0.29, 0.717) is 32.5 Å². The lowest BCUT2D eigenvalue weighted by Gasteiger charge is -2.22. The Bertz CT molecular complexity index is 4010. The molecular formula is C62H56Cl3N11O3. The maximum absolute atomic E-state index is 13.5. The fraction of sp³-hybridized carbons (Fsp3) is 0.145. The van der Waals surface area contributed by atoms with Crippen molar-refractivity contribution in [3.63, 3.8) is 0 Å². The Hall–Kier alpha value is -8.66. The Morgan fingerprint density at radius 2 is 0.797 bits per heavy atom. The van der Waals surface area contributed by atoms with Gasteiger partial charge in [0.25, 0.3) is 16.7 Å². The molecule has 0 unspecified atom stereocenters. The van der Waals surface area contributed by atoms with Crippen LogP contribution in [0.25, 0.3) is 49.4 Å². The number of fused-ring (bicyclic) bond motifs is 3. The van der Waals surface area contributed by atoms with E-state index in [4.69, 9.17) is 46.3 Å². The summed E-state index contributed by atoms with van der Waals surface area (Å²) in [7, 11) is 0. The molecule has 0 fully saturated rings. The fourth-order valence-electron chi connectivity index (χ4n) is 9.66. The van der Waals surface area contributed by atoms with Gasteiger partial charge in [-0.2, -0.15) is 9.97 Å². The Kier molecular flexibility index (Phi) is 16.7. The standard InChI is InChI=1S/C22H18Cl2N4O.C22H20ClN5O.C18H18N2O/c2*1-13-7-6-8-15-11-18(14(2)26-20-17(23)12-25-22(24)27-20)28(21(29)19(13)15)16-9-4-3-5-10-16;1-12-7-6-8-14-11-16(13(2)19)20(18(21)17(12)14)15-9-4-3-5-10-15/h3-12,14H,1-2H3,(H,25,26,27);3-12,14H,1-2H3,(H3,24,25,26,27);3-11,13H,19H2,1-2H3/t2*14-;13-/m000/s1.